The molecule has 0 spiro atoms. The van der Waals surface area contributed by atoms with Crippen molar-refractivity contribution < 1.29 is 9.53 Å². The first-order valence-corrected chi connectivity index (χ1v) is 4.80. The van der Waals surface area contributed by atoms with Gasteiger partial charge in [-0.3, -0.25) is 4.79 Å². The van der Waals surface area contributed by atoms with Crippen LogP contribution in [-0.2, 0) is 6.54 Å². The Morgan fingerprint density at radius 1 is 1.44 bits per heavy atom. The van der Waals surface area contributed by atoms with E-state index in [2.05, 4.69) is 10.3 Å². The lowest BCUT2D eigenvalue weighted by Gasteiger charge is -2.07. The van der Waals surface area contributed by atoms with Gasteiger partial charge in [-0.25, -0.2) is 4.68 Å². The van der Waals surface area contributed by atoms with Gasteiger partial charge in [-0.05, 0) is 6.07 Å². The monoisotopic (exact) mass is 217 g/mol. The van der Waals surface area contributed by atoms with Crippen molar-refractivity contribution in [2.24, 2.45) is 0 Å². The minimum atomic E-state index is 0.329. The van der Waals surface area contributed by atoms with Crippen molar-refractivity contribution in [2.45, 2.75) is 6.54 Å². The van der Waals surface area contributed by atoms with E-state index in [1.54, 1.807) is 18.0 Å². The molecule has 0 saturated carbocycles. The summed E-state index contributed by atoms with van der Waals surface area (Å²) in [7, 11) is 1.62. The second-order valence-corrected chi connectivity index (χ2v) is 3.27. The van der Waals surface area contributed by atoms with Crippen LogP contribution in [-0.4, -0.2) is 28.4 Å². The molecule has 0 bridgehead atoms. The van der Waals surface area contributed by atoms with E-state index in [1.807, 2.05) is 24.3 Å². The van der Waals surface area contributed by atoms with Crippen LogP contribution in [0.25, 0.3) is 0 Å². The van der Waals surface area contributed by atoms with E-state index in [4.69, 9.17) is 4.74 Å². The molecule has 5 nitrogen and oxygen atoms in total. The van der Waals surface area contributed by atoms with Gasteiger partial charge in [-0.15, -0.1) is 5.10 Å². The highest BCUT2D eigenvalue weighted by Gasteiger charge is 2.04. The second-order valence-electron chi connectivity index (χ2n) is 3.27. The first-order chi connectivity index (χ1) is 7.83. The lowest BCUT2D eigenvalue weighted by atomic mass is 10.2. The van der Waals surface area contributed by atoms with Crippen LogP contribution in [0.1, 0.15) is 16.1 Å². The summed E-state index contributed by atoms with van der Waals surface area (Å²) in [6, 6.07) is 7.66. The lowest BCUT2D eigenvalue weighted by molar-refractivity contribution is 0.111. The number of hydrogen-bond donors (Lipinski definition) is 0. The Bertz CT molecular complexity index is 493. The Hall–Kier alpha value is -2.17. The van der Waals surface area contributed by atoms with Crippen LogP contribution in [0.3, 0.4) is 0 Å². The van der Waals surface area contributed by atoms with Gasteiger partial charge in [0.05, 0.1) is 19.9 Å². The summed E-state index contributed by atoms with van der Waals surface area (Å²) in [5.74, 6) is 0.797. The van der Waals surface area contributed by atoms with Crippen LogP contribution in [0, 0.1) is 0 Å². The summed E-state index contributed by atoms with van der Waals surface area (Å²) in [6.07, 6.45) is 2.27. The molecule has 1 heterocycles. The highest BCUT2D eigenvalue weighted by molar-refractivity contribution is 5.70. The second kappa shape index (κ2) is 4.57. The van der Waals surface area contributed by atoms with E-state index < -0.39 is 0 Å². The van der Waals surface area contributed by atoms with Crippen LogP contribution in [0.15, 0.2) is 30.5 Å². The van der Waals surface area contributed by atoms with Gasteiger partial charge in [0.1, 0.15) is 11.4 Å². The molecule has 0 aliphatic rings. The van der Waals surface area contributed by atoms with Gasteiger partial charge in [0, 0.05) is 5.56 Å². The number of benzene rings is 1. The van der Waals surface area contributed by atoms with Gasteiger partial charge >= 0.3 is 0 Å². The number of rotatable bonds is 4. The topological polar surface area (TPSA) is 57.0 Å². The minimum Gasteiger partial charge on any atom is -0.496 e. The standard InChI is InChI=1S/C11H11N3O2/c1-16-11-5-3-2-4-9(11)6-14-7-10(8-15)12-13-14/h2-5,7-8H,6H2,1H3. The molecule has 0 aliphatic carbocycles. The quantitative estimate of drug-likeness (QED) is 0.721. The number of para-hydroxylation sites is 1. The predicted molar refractivity (Wildman–Crippen MR) is 57.5 cm³/mol. The highest BCUT2D eigenvalue weighted by atomic mass is 16.5. The Morgan fingerprint density at radius 3 is 2.94 bits per heavy atom. The molecule has 0 aliphatic heterocycles. The average Bonchev–Trinajstić information content (AvgIpc) is 2.77. The number of carbonyl (C=O) groups excluding carboxylic acids is 1. The Kier molecular flexibility index (Phi) is 2.95. The summed E-state index contributed by atoms with van der Waals surface area (Å²) in [5.41, 5.74) is 1.32. The summed E-state index contributed by atoms with van der Waals surface area (Å²) in [5, 5.41) is 7.53. The molecule has 0 saturated heterocycles. The van der Waals surface area contributed by atoms with Crippen LogP contribution in [0.5, 0.6) is 5.75 Å². The largest absolute Gasteiger partial charge is 0.496 e. The van der Waals surface area contributed by atoms with E-state index in [0.717, 1.165) is 11.3 Å². The number of aldehydes is 1. The van der Waals surface area contributed by atoms with Crippen molar-refractivity contribution >= 4 is 6.29 Å². The summed E-state index contributed by atoms with van der Waals surface area (Å²) < 4.78 is 6.82. The van der Waals surface area contributed by atoms with Gasteiger partial charge in [-0.1, -0.05) is 23.4 Å². The van der Waals surface area contributed by atoms with E-state index in [0.29, 0.717) is 18.5 Å². The number of hydrogen-bond acceptors (Lipinski definition) is 4. The third-order valence-electron chi connectivity index (χ3n) is 2.20. The molecule has 82 valence electrons. The van der Waals surface area contributed by atoms with Gasteiger partial charge in [-0.2, -0.15) is 0 Å². The zero-order chi connectivity index (χ0) is 11.4. The SMILES string of the molecule is COc1ccccc1Cn1cc(C=O)nn1. The first kappa shape index (κ1) is 10.4. The maximum atomic E-state index is 10.5. The number of carbonyl (C=O) groups is 1. The van der Waals surface area contributed by atoms with E-state index >= 15 is 0 Å². The van der Waals surface area contributed by atoms with Crippen molar-refractivity contribution in [1.82, 2.24) is 15.0 Å². The van der Waals surface area contributed by atoms with Gasteiger partial charge in [0.25, 0.3) is 0 Å². The van der Waals surface area contributed by atoms with Gasteiger partial charge < -0.3 is 4.74 Å². The van der Waals surface area contributed by atoms with Crippen LogP contribution >= 0.6 is 0 Å². The molecule has 1 aromatic carbocycles. The molecule has 0 amide bonds. The van der Waals surface area contributed by atoms with Gasteiger partial charge in [0.15, 0.2) is 6.29 Å². The Labute approximate surface area is 92.7 Å². The van der Waals surface area contributed by atoms with Gasteiger partial charge in [0.2, 0.25) is 0 Å². The highest BCUT2D eigenvalue weighted by Crippen LogP contribution is 2.17. The Morgan fingerprint density at radius 2 is 2.25 bits per heavy atom. The molecule has 1 aromatic heterocycles. The molecule has 2 rings (SSSR count). The summed E-state index contributed by atoms with van der Waals surface area (Å²) >= 11 is 0. The number of aromatic nitrogens is 3. The Balaban J connectivity index is 2.22. The zero-order valence-electron chi connectivity index (χ0n) is 8.83. The van der Waals surface area contributed by atoms with Crippen LogP contribution < -0.4 is 4.74 Å². The molecule has 5 heteroatoms. The fraction of sp³-hybridized carbons (Fsp3) is 0.182. The van der Waals surface area contributed by atoms with E-state index in [1.165, 1.54) is 0 Å². The maximum Gasteiger partial charge on any atom is 0.171 e. The third-order valence-corrected chi connectivity index (χ3v) is 2.20. The van der Waals surface area contributed by atoms with Crippen molar-refractivity contribution in [3.8, 4) is 5.75 Å². The van der Waals surface area contributed by atoms with E-state index in [9.17, 15) is 4.79 Å². The molecule has 2 aromatic rings. The third kappa shape index (κ3) is 2.08. The molecular formula is C11H11N3O2. The maximum absolute atomic E-state index is 10.5. The fourth-order valence-corrected chi connectivity index (χ4v) is 1.45. The molecular weight excluding hydrogens is 206 g/mol. The molecule has 0 unspecified atom stereocenters. The summed E-state index contributed by atoms with van der Waals surface area (Å²) in [4.78, 5) is 10.5. The van der Waals surface area contributed by atoms with Crippen LogP contribution in [0.2, 0.25) is 0 Å². The lowest BCUT2D eigenvalue weighted by Crippen LogP contribution is -2.02. The van der Waals surface area contributed by atoms with Crippen LogP contribution in [0.4, 0.5) is 0 Å². The summed E-state index contributed by atoms with van der Waals surface area (Å²) in [6.45, 7) is 0.533. The zero-order valence-corrected chi connectivity index (χ0v) is 8.83. The fourth-order valence-electron chi connectivity index (χ4n) is 1.45. The minimum absolute atomic E-state index is 0.329. The number of nitrogens with zero attached hydrogens (tertiary/aromatic N) is 3. The van der Waals surface area contributed by atoms with Crippen molar-refractivity contribution in [1.29, 1.82) is 0 Å². The molecule has 16 heavy (non-hydrogen) atoms. The molecule has 0 N–H and O–H groups in total. The molecule has 0 fully saturated rings. The first-order valence-electron chi connectivity index (χ1n) is 4.80. The van der Waals surface area contributed by atoms with Crippen molar-refractivity contribution in [3.63, 3.8) is 0 Å². The normalized spacial score (nSPS) is 10.1. The number of ether oxygens (including phenoxy) is 1. The predicted octanol–water partition coefficient (Wildman–Crippen LogP) is 1.15. The van der Waals surface area contributed by atoms with Crippen molar-refractivity contribution in [3.05, 3.63) is 41.7 Å². The smallest absolute Gasteiger partial charge is 0.171 e. The van der Waals surface area contributed by atoms with E-state index in [-0.39, 0.29) is 0 Å². The average molecular weight is 217 g/mol. The number of methoxy groups -OCH3 is 1. The molecule has 0 atom stereocenters. The van der Waals surface area contributed by atoms with Crippen molar-refractivity contribution in [2.75, 3.05) is 7.11 Å². The molecule has 0 radical (unpaired) electrons.